The predicted molar refractivity (Wildman–Crippen MR) is 106 cm³/mol. The van der Waals surface area contributed by atoms with Crippen LogP contribution in [-0.4, -0.2) is 37.1 Å². The molecule has 0 saturated carbocycles. The van der Waals surface area contributed by atoms with Gasteiger partial charge in [0.1, 0.15) is 5.82 Å². The molecule has 0 bridgehead atoms. The molecule has 1 fully saturated rings. The first-order valence-electron chi connectivity index (χ1n) is 7.96. The molecule has 1 N–H and O–H groups in total. The SMILES string of the molecule is Cc1ccc(N2CCN(C(=O)Nc3c(F)cc(Br)cc3Br)CC2)cc1. The molecule has 2 aromatic rings. The van der Waals surface area contributed by atoms with Crippen LogP contribution in [0.1, 0.15) is 5.56 Å². The number of nitrogens with one attached hydrogen (secondary N) is 1. The highest BCUT2D eigenvalue weighted by Gasteiger charge is 2.22. The summed E-state index contributed by atoms with van der Waals surface area (Å²) in [6, 6.07) is 11.1. The van der Waals surface area contributed by atoms with Crippen molar-refractivity contribution in [3.05, 3.63) is 56.7 Å². The third kappa shape index (κ3) is 4.33. The third-order valence-electron chi connectivity index (χ3n) is 4.20. The number of halogens is 3. The molecule has 0 atom stereocenters. The summed E-state index contributed by atoms with van der Waals surface area (Å²) in [6.07, 6.45) is 0. The maximum absolute atomic E-state index is 14.1. The minimum Gasteiger partial charge on any atom is -0.368 e. The Labute approximate surface area is 163 Å². The van der Waals surface area contributed by atoms with Gasteiger partial charge in [-0.2, -0.15) is 0 Å². The van der Waals surface area contributed by atoms with E-state index in [1.807, 2.05) is 0 Å². The zero-order chi connectivity index (χ0) is 18.0. The van der Waals surface area contributed by atoms with Crippen LogP contribution >= 0.6 is 31.9 Å². The third-order valence-corrected chi connectivity index (χ3v) is 5.29. The smallest absolute Gasteiger partial charge is 0.322 e. The Hall–Kier alpha value is -1.60. The molecule has 1 heterocycles. The second-order valence-corrected chi connectivity index (χ2v) is 7.75. The molecule has 0 unspecified atom stereocenters. The summed E-state index contributed by atoms with van der Waals surface area (Å²) >= 11 is 6.51. The zero-order valence-electron chi connectivity index (χ0n) is 13.7. The Bertz CT molecular complexity index is 751. The van der Waals surface area contributed by atoms with E-state index in [2.05, 4.69) is 73.3 Å². The Morgan fingerprint density at radius 3 is 2.32 bits per heavy atom. The van der Waals surface area contributed by atoms with Crippen molar-refractivity contribution >= 4 is 49.3 Å². The number of carbonyl (C=O) groups excluding carboxylic acids is 1. The molecule has 4 nitrogen and oxygen atoms in total. The minimum atomic E-state index is -0.479. The molecule has 2 amide bonds. The molecule has 25 heavy (non-hydrogen) atoms. The molecule has 0 aromatic heterocycles. The number of amides is 2. The molecule has 132 valence electrons. The molecule has 1 aliphatic heterocycles. The van der Waals surface area contributed by atoms with Gasteiger partial charge in [-0.3, -0.25) is 0 Å². The Morgan fingerprint density at radius 2 is 1.72 bits per heavy atom. The van der Waals surface area contributed by atoms with Crippen LogP contribution in [0.4, 0.5) is 20.6 Å². The number of urea groups is 1. The molecule has 0 aliphatic carbocycles. The number of hydrogen-bond acceptors (Lipinski definition) is 2. The summed E-state index contributed by atoms with van der Waals surface area (Å²) in [7, 11) is 0. The minimum absolute atomic E-state index is 0.161. The molecular weight excluding hydrogens is 453 g/mol. The van der Waals surface area contributed by atoms with Crippen molar-refractivity contribution in [1.82, 2.24) is 4.90 Å². The highest BCUT2D eigenvalue weighted by Crippen LogP contribution is 2.30. The maximum atomic E-state index is 14.1. The van der Waals surface area contributed by atoms with E-state index in [1.54, 1.807) is 11.0 Å². The molecule has 2 aromatic carbocycles. The molecule has 0 radical (unpaired) electrons. The summed E-state index contributed by atoms with van der Waals surface area (Å²) < 4.78 is 15.2. The average Bonchev–Trinajstić information content (AvgIpc) is 2.59. The van der Waals surface area contributed by atoms with Gasteiger partial charge in [-0.1, -0.05) is 33.6 Å². The van der Waals surface area contributed by atoms with Gasteiger partial charge in [-0.05, 0) is 47.1 Å². The largest absolute Gasteiger partial charge is 0.368 e. The van der Waals surface area contributed by atoms with E-state index >= 15 is 0 Å². The van der Waals surface area contributed by atoms with E-state index in [4.69, 9.17) is 0 Å². The van der Waals surface area contributed by atoms with Crippen LogP contribution < -0.4 is 10.2 Å². The summed E-state index contributed by atoms with van der Waals surface area (Å²) in [4.78, 5) is 16.4. The summed E-state index contributed by atoms with van der Waals surface area (Å²) in [5.41, 5.74) is 2.55. The number of aryl methyl sites for hydroxylation is 1. The predicted octanol–water partition coefficient (Wildman–Crippen LogP) is 5.01. The lowest BCUT2D eigenvalue weighted by Gasteiger charge is -2.36. The summed E-state index contributed by atoms with van der Waals surface area (Å²) in [5, 5.41) is 2.66. The second-order valence-electron chi connectivity index (χ2n) is 5.98. The fourth-order valence-electron chi connectivity index (χ4n) is 2.77. The van der Waals surface area contributed by atoms with Crippen LogP contribution in [0, 0.1) is 12.7 Å². The van der Waals surface area contributed by atoms with Crippen LogP contribution in [0.15, 0.2) is 45.3 Å². The molecule has 1 aliphatic rings. The van der Waals surface area contributed by atoms with Gasteiger partial charge in [-0.15, -0.1) is 0 Å². The van der Waals surface area contributed by atoms with Crippen LogP contribution in [0.2, 0.25) is 0 Å². The number of rotatable bonds is 2. The van der Waals surface area contributed by atoms with Gasteiger partial charge in [0.05, 0.1) is 5.69 Å². The van der Waals surface area contributed by atoms with Crippen molar-refractivity contribution in [1.29, 1.82) is 0 Å². The number of piperazine rings is 1. The number of hydrogen-bond donors (Lipinski definition) is 1. The average molecular weight is 471 g/mol. The topological polar surface area (TPSA) is 35.6 Å². The van der Waals surface area contributed by atoms with Gasteiger partial charge < -0.3 is 15.1 Å². The molecule has 0 spiro atoms. The maximum Gasteiger partial charge on any atom is 0.322 e. The van der Waals surface area contributed by atoms with Crippen LogP contribution in [0.5, 0.6) is 0 Å². The van der Waals surface area contributed by atoms with Crippen molar-refractivity contribution in [2.45, 2.75) is 6.92 Å². The highest BCUT2D eigenvalue weighted by molar-refractivity contribution is 9.11. The van der Waals surface area contributed by atoms with Crippen LogP contribution in [0.25, 0.3) is 0 Å². The van der Waals surface area contributed by atoms with Gasteiger partial charge in [0.25, 0.3) is 0 Å². The van der Waals surface area contributed by atoms with E-state index in [-0.39, 0.29) is 11.7 Å². The van der Waals surface area contributed by atoms with E-state index in [1.165, 1.54) is 11.6 Å². The van der Waals surface area contributed by atoms with E-state index in [0.29, 0.717) is 22.0 Å². The molecule has 7 heteroatoms. The molecule has 3 rings (SSSR count). The fourth-order valence-corrected chi connectivity index (χ4v) is 4.04. The number of nitrogens with zero attached hydrogens (tertiary/aromatic N) is 2. The first kappa shape index (κ1) is 18.2. The first-order valence-corrected chi connectivity index (χ1v) is 9.55. The molecule has 1 saturated heterocycles. The first-order chi connectivity index (χ1) is 11.9. The van der Waals surface area contributed by atoms with Gasteiger partial charge in [0.2, 0.25) is 0 Å². The normalized spacial score (nSPS) is 14.6. The lowest BCUT2D eigenvalue weighted by atomic mass is 10.2. The van der Waals surface area contributed by atoms with Crippen molar-refractivity contribution in [3.8, 4) is 0 Å². The van der Waals surface area contributed by atoms with Gasteiger partial charge in [0.15, 0.2) is 0 Å². The van der Waals surface area contributed by atoms with Gasteiger partial charge in [0, 0.05) is 40.8 Å². The fraction of sp³-hybridized carbons (Fsp3) is 0.278. The summed E-state index contributed by atoms with van der Waals surface area (Å²) in [6.45, 7) is 4.75. The highest BCUT2D eigenvalue weighted by atomic mass is 79.9. The number of anilines is 2. The van der Waals surface area contributed by atoms with Crippen molar-refractivity contribution in [3.63, 3.8) is 0 Å². The number of benzene rings is 2. The van der Waals surface area contributed by atoms with Crippen molar-refractivity contribution in [2.24, 2.45) is 0 Å². The summed E-state index contributed by atoms with van der Waals surface area (Å²) in [5.74, 6) is -0.479. The van der Waals surface area contributed by atoms with Gasteiger partial charge >= 0.3 is 6.03 Å². The van der Waals surface area contributed by atoms with Crippen LogP contribution in [0.3, 0.4) is 0 Å². The number of carbonyl (C=O) groups is 1. The van der Waals surface area contributed by atoms with Crippen molar-refractivity contribution < 1.29 is 9.18 Å². The zero-order valence-corrected chi connectivity index (χ0v) is 16.9. The Balaban J connectivity index is 1.61. The Kier molecular flexibility index (Phi) is 5.64. The van der Waals surface area contributed by atoms with E-state index in [9.17, 15) is 9.18 Å². The lowest BCUT2D eigenvalue weighted by Crippen LogP contribution is -2.50. The lowest BCUT2D eigenvalue weighted by molar-refractivity contribution is 0.208. The van der Waals surface area contributed by atoms with Gasteiger partial charge in [-0.25, -0.2) is 9.18 Å². The molecular formula is C18H18Br2FN3O. The van der Waals surface area contributed by atoms with Crippen LogP contribution in [-0.2, 0) is 0 Å². The Morgan fingerprint density at radius 1 is 1.08 bits per heavy atom. The van der Waals surface area contributed by atoms with Crippen molar-refractivity contribution in [2.75, 3.05) is 36.4 Å². The standard InChI is InChI=1S/C18H18Br2FN3O/c1-12-2-4-14(5-3-12)23-6-8-24(9-7-23)18(25)22-17-15(20)10-13(19)11-16(17)21/h2-5,10-11H,6-9H2,1H3,(H,22,25). The second kappa shape index (κ2) is 7.74. The van der Waals surface area contributed by atoms with E-state index < -0.39 is 5.82 Å². The quantitative estimate of drug-likeness (QED) is 0.669. The monoisotopic (exact) mass is 469 g/mol. The van der Waals surface area contributed by atoms with E-state index in [0.717, 1.165) is 18.8 Å².